The van der Waals surface area contributed by atoms with E-state index >= 15 is 0 Å². The summed E-state index contributed by atoms with van der Waals surface area (Å²) in [6.07, 6.45) is 2.82. The summed E-state index contributed by atoms with van der Waals surface area (Å²) in [6.45, 7) is 3.29. The minimum atomic E-state index is -3.95. The lowest BCUT2D eigenvalue weighted by Gasteiger charge is -2.25. The summed E-state index contributed by atoms with van der Waals surface area (Å²) in [4.78, 5) is 12.6. The van der Waals surface area contributed by atoms with Gasteiger partial charge in [0.1, 0.15) is 12.3 Å². The van der Waals surface area contributed by atoms with Crippen LogP contribution in [0.3, 0.4) is 0 Å². The SMILES string of the molecule is Cc1cccc(N(CC(=O)N/N=C\c2ccco2)S(=O)(=O)c2ccccc2)c1C. The zero-order chi connectivity index (χ0) is 20.9. The van der Waals surface area contributed by atoms with Crippen LogP contribution >= 0.6 is 0 Å². The smallest absolute Gasteiger partial charge is 0.264 e. The number of hydrogen-bond donors (Lipinski definition) is 1. The molecule has 1 amide bonds. The number of furan rings is 1. The summed E-state index contributed by atoms with van der Waals surface area (Å²) in [5.74, 6) is -0.109. The van der Waals surface area contributed by atoms with Crippen LogP contribution in [-0.2, 0) is 14.8 Å². The van der Waals surface area contributed by atoms with Crippen LogP contribution < -0.4 is 9.73 Å². The molecule has 0 bridgehead atoms. The Morgan fingerprint density at radius 1 is 1.07 bits per heavy atom. The maximum atomic E-state index is 13.3. The van der Waals surface area contributed by atoms with E-state index < -0.39 is 22.5 Å². The fourth-order valence-corrected chi connectivity index (χ4v) is 4.22. The van der Waals surface area contributed by atoms with Gasteiger partial charge in [-0.05, 0) is 55.3 Å². The standard InChI is InChI=1S/C21H21N3O4S/c1-16-8-6-12-20(17(16)2)24(29(26,27)19-10-4-3-5-11-19)15-21(25)23-22-14-18-9-7-13-28-18/h3-14H,15H2,1-2H3,(H,23,25)/b22-14-. The molecule has 0 aliphatic carbocycles. The minimum absolute atomic E-state index is 0.104. The Morgan fingerprint density at radius 2 is 1.83 bits per heavy atom. The van der Waals surface area contributed by atoms with Crippen molar-refractivity contribution in [1.29, 1.82) is 0 Å². The molecule has 2 aromatic carbocycles. The van der Waals surface area contributed by atoms with Crippen molar-refractivity contribution in [2.75, 3.05) is 10.8 Å². The van der Waals surface area contributed by atoms with E-state index in [2.05, 4.69) is 10.5 Å². The molecular weight excluding hydrogens is 390 g/mol. The zero-order valence-electron chi connectivity index (χ0n) is 16.1. The van der Waals surface area contributed by atoms with Crippen molar-refractivity contribution in [3.8, 4) is 0 Å². The number of hydrogen-bond acceptors (Lipinski definition) is 5. The number of hydrazone groups is 1. The van der Waals surface area contributed by atoms with E-state index in [1.807, 2.05) is 19.9 Å². The molecule has 0 atom stereocenters. The molecule has 1 heterocycles. The van der Waals surface area contributed by atoms with Crippen LogP contribution in [0.15, 0.2) is 81.3 Å². The van der Waals surface area contributed by atoms with Crippen LogP contribution in [0, 0.1) is 13.8 Å². The summed E-state index contributed by atoms with van der Waals surface area (Å²) >= 11 is 0. The van der Waals surface area contributed by atoms with Gasteiger partial charge in [0.15, 0.2) is 0 Å². The Labute approximate surface area is 169 Å². The van der Waals surface area contributed by atoms with E-state index in [9.17, 15) is 13.2 Å². The Balaban J connectivity index is 1.91. The maximum Gasteiger partial charge on any atom is 0.264 e. The first-order chi connectivity index (χ1) is 13.9. The highest BCUT2D eigenvalue weighted by atomic mass is 32.2. The third-order valence-electron chi connectivity index (χ3n) is 4.39. The molecule has 0 saturated heterocycles. The molecule has 3 aromatic rings. The molecular formula is C21H21N3O4S. The second-order valence-electron chi connectivity index (χ2n) is 6.35. The normalized spacial score (nSPS) is 11.5. The first-order valence-corrected chi connectivity index (χ1v) is 10.3. The fraction of sp³-hybridized carbons (Fsp3) is 0.143. The molecule has 3 rings (SSSR count). The third-order valence-corrected chi connectivity index (χ3v) is 6.16. The Kier molecular flexibility index (Phi) is 6.13. The first-order valence-electron chi connectivity index (χ1n) is 8.89. The van der Waals surface area contributed by atoms with Crippen molar-refractivity contribution in [2.24, 2.45) is 5.10 Å². The topological polar surface area (TPSA) is 92.0 Å². The first kappa shape index (κ1) is 20.3. The van der Waals surface area contributed by atoms with E-state index in [1.54, 1.807) is 42.5 Å². The highest BCUT2D eigenvalue weighted by Crippen LogP contribution is 2.28. The lowest BCUT2D eigenvalue weighted by atomic mass is 10.1. The average molecular weight is 411 g/mol. The number of aryl methyl sites for hydroxylation is 1. The van der Waals surface area contributed by atoms with Crippen molar-refractivity contribution >= 4 is 27.8 Å². The lowest BCUT2D eigenvalue weighted by molar-refractivity contribution is -0.119. The molecule has 29 heavy (non-hydrogen) atoms. The number of carbonyl (C=O) groups excluding carboxylic acids is 1. The quantitative estimate of drug-likeness (QED) is 0.477. The second-order valence-corrected chi connectivity index (χ2v) is 8.21. The predicted molar refractivity (Wildman–Crippen MR) is 111 cm³/mol. The van der Waals surface area contributed by atoms with Gasteiger partial charge in [-0.25, -0.2) is 13.8 Å². The summed E-state index contributed by atoms with van der Waals surface area (Å²) in [6, 6.07) is 16.7. The molecule has 0 spiro atoms. The average Bonchev–Trinajstić information content (AvgIpc) is 3.23. The predicted octanol–water partition coefficient (Wildman–Crippen LogP) is 3.24. The van der Waals surface area contributed by atoms with Gasteiger partial charge in [-0.3, -0.25) is 9.10 Å². The molecule has 150 valence electrons. The molecule has 1 N–H and O–H groups in total. The van der Waals surface area contributed by atoms with Crippen LogP contribution in [0.4, 0.5) is 5.69 Å². The van der Waals surface area contributed by atoms with E-state index in [-0.39, 0.29) is 4.90 Å². The van der Waals surface area contributed by atoms with E-state index in [0.29, 0.717) is 11.4 Å². The van der Waals surface area contributed by atoms with Crippen molar-refractivity contribution in [1.82, 2.24) is 5.43 Å². The number of amides is 1. The number of anilines is 1. The highest BCUT2D eigenvalue weighted by molar-refractivity contribution is 7.92. The number of rotatable bonds is 7. The van der Waals surface area contributed by atoms with Crippen molar-refractivity contribution < 1.29 is 17.6 Å². The minimum Gasteiger partial charge on any atom is -0.463 e. The van der Waals surface area contributed by atoms with Gasteiger partial charge in [-0.15, -0.1) is 0 Å². The van der Waals surface area contributed by atoms with Crippen molar-refractivity contribution in [3.63, 3.8) is 0 Å². The molecule has 7 nitrogen and oxygen atoms in total. The van der Waals surface area contributed by atoms with Crippen molar-refractivity contribution in [2.45, 2.75) is 18.7 Å². The molecule has 0 unspecified atom stereocenters. The summed E-state index contributed by atoms with van der Waals surface area (Å²) < 4.78 is 32.8. The number of nitrogens with one attached hydrogen (secondary N) is 1. The van der Waals surface area contributed by atoms with Gasteiger partial charge >= 0.3 is 0 Å². The summed E-state index contributed by atoms with van der Waals surface area (Å²) in [7, 11) is -3.95. The van der Waals surface area contributed by atoms with Gasteiger partial charge in [0.2, 0.25) is 0 Å². The fourth-order valence-electron chi connectivity index (χ4n) is 2.72. The number of nitrogens with zero attached hydrogens (tertiary/aromatic N) is 2. The Bertz CT molecular complexity index is 1110. The van der Waals surface area contributed by atoms with Gasteiger partial charge < -0.3 is 4.42 Å². The zero-order valence-corrected chi connectivity index (χ0v) is 16.9. The second kappa shape index (κ2) is 8.74. The molecule has 0 fully saturated rings. The molecule has 0 aliphatic heterocycles. The van der Waals surface area contributed by atoms with E-state index in [1.165, 1.54) is 24.6 Å². The molecule has 0 radical (unpaired) electrons. The van der Waals surface area contributed by atoms with Crippen LogP contribution in [0.1, 0.15) is 16.9 Å². The van der Waals surface area contributed by atoms with Gasteiger partial charge in [-0.2, -0.15) is 5.10 Å². The van der Waals surface area contributed by atoms with E-state index in [0.717, 1.165) is 15.4 Å². The lowest BCUT2D eigenvalue weighted by Crippen LogP contribution is -2.40. The maximum absolute atomic E-state index is 13.3. The van der Waals surface area contributed by atoms with Crippen LogP contribution in [-0.4, -0.2) is 27.1 Å². The van der Waals surface area contributed by atoms with Crippen molar-refractivity contribution in [3.05, 3.63) is 83.8 Å². The van der Waals surface area contributed by atoms with Gasteiger partial charge in [-0.1, -0.05) is 30.3 Å². The van der Waals surface area contributed by atoms with Gasteiger partial charge in [0.25, 0.3) is 15.9 Å². The summed E-state index contributed by atoms with van der Waals surface area (Å²) in [5.41, 5.74) is 4.49. The van der Waals surface area contributed by atoms with Crippen LogP contribution in [0.2, 0.25) is 0 Å². The van der Waals surface area contributed by atoms with Gasteiger partial charge in [0, 0.05) is 0 Å². The largest absolute Gasteiger partial charge is 0.463 e. The van der Waals surface area contributed by atoms with Crippen LogP contribution in [0.25, 0.3) is 0 Å². The number of benzene rings is 2. The van der Waals surface area contributed by atoms with E-state index in [4.69, 9.17) is 4.42 Å². The number of carbonyl (C=O) groups is 1. The molecule has 1 aromatic heterocycles. The molecule has 0 aliphatic rings. The van der Waals surface area contributed by atoms with Crippen LogP contribution in [0.5, 0.6) is 0 Å². The van der Waals surface area contributed by atoms with Gasteiger partial charge in [0.05, 0.1) is 23.1 Å². The Hall–Kier alpha value is -3.39. The number of sulfonamides is 1. The molecule has 0 saturated carbocycles. The Morgan fingerprint density at radius 3 is 2.52 bits per heavy atom. The monoisotopic (exact) mass is 411 g/mol. The summed E-state index contributed by atoms with van der Waals surface area (Å²) in [5, 5.41) is 3.82. The highest BCUT2D eigenvalue weighted by Gasteiger charge is 2.28. The molecule has 8 heteroatoms. The third kappa shape index (κ3) is 4.72.